The van der Waals surface area contributed by atoms with Crippen LogP contribution in [0, 0.1) is 10.1 Å². The second-order valence-corrected chi connectivity index (χ2v) is 8.13. The van der Waals surface area contributed by atoms with E-state index in [2.05, 4.69) is 10.0 Å². The normalized spacial score (nSPS) is 15.1. The number of rotatable bonds is 8. The summed E-state index contributed by atoms with van der Waals surface area (Å²) in [6.07, 6.45) is 0. The van der Waals surface area contributed by atoms with Crippen LogP contribution in [0.15, 0.2) is 53.4 Å². The average molecular weight is 407 g/mol. The molecule has 9 nitrogen and oxygen atoms in total. The first kappa shape index (κ1) is 20.1. The van der Waals surface area contributed by atoms with Gasteiger partial charge in [0.1, 0.15) is 18.8 Å². The van der Waals surface area contributed by atoms with Crippen LogP contribution in [0.2, 0.25) is 0 Å². The quantitative estimate of drug-likeness (QED) is 0.439. The minimum Gasteiger partial charge on any atom is -0.374 e. The summed E-state index contributed by atoms with van der Waals surface area (Å²) >= 11 is 0. The van der Waals surface area contributed by atoms with E-state index in [0.717, 1.165) is 38.9 Å². The Morgan fingerprint density at radius 1 is 1.11 bits per heavy atom. The maximum atomic E-state index is 12.5. The van der Waals surface area contributed by atoms with E-state index in [4.69, 9.17) is 4.74 Å². The molecular formula is C18H23N4O5S+. The van der Waals surface area contributed by atoms with Crippen molar-refractivity contribution in [1.82, 2.24) is 0 Å². The molecule has 1 aliphatic rings. The molecule has 0 aliphatic carbocycles. The van der Waals surface area contributed by atoms with Gasteiger partial charge in [0.05, 0.1) is 36.1 Å². The maximum absolute atomic E-state index is 12.5. The Morgan fingerprint density at radius 2 is 1.82 bits per heavy atom. The number of nitrogens with zero attached hydrogens (tertiary/aromatic N) is 1. The van der Waals surface area contributed by atoms with Gasteiger partial charge < -0.3 is 15.0 Å². The van der Waals surface area contributed by atoms with Gasteiger partial charge in [-0.3, -0.25) is 14.8 Å². The zero-order valence-corrected chi connectivity index (χ0v) is 16.1. The fraction of sp³-hybridized carbons (Fsp3) is 0.333. The Hall–Kier alpha value is -2.69. The van der Waals surface area contributed by atoms with Crippen LogP contribution in [0.3, 0.4) is 0 Å². The van der Waals surface area contributed by atoms with E-state index in [0.29, 0.717) is 17.9 Å². The predicted octanol–water partition coefficient (Wildman–Crippen LogP) is 0.723. The van der Waals surface area contributed by atoms with Gasteiger partial charge in [-0.15, -0.1) is 0 Å². The standard InChI is InChI=1S/C18H22N4O5S/c23-22(24)18-14-16(28(25,26)20-15-4-2-1-3-5-15)6-7-17(18)19-8-9-21-10-12-27-13-11-21/h1-7,14,19-20H,8-13H2/p+1. The number of nitro groups is 1. The van der Waals surface area contributed by atoms with Crippen LogP contribution >= 0.6 is 0 Å². The maximum Gasteiger partial charge on any atom is 0.293 e. The first-order valence-corrected chi connectivity index (χ1v) is 10.5. The summed E-state index contributed by atoms with van der Waals surface area (Å²) in [6.45, 7) is 4.60. The second kappa shape index (κ2) is 9.00. The molecule has 3 rings (SSSR count). The van der Waals surface area contributed by atoms with E-state index in [1.54, 1.807) is 30.3 Å². The first-order valence-electron chi connectivity index (χ1n) is 8.97. The number of hydrogen-bond donors (Lipinski definition) is 3. The number of morpholine rings is 1. The molecule has 0 spiro atoms. The van der Waals surface area contributed by atoms with Crippen molar-refractivity contribution in [3.63, 3.8) is 0 Å². The van der Waals surface area contributed by atoms with Crippen molar-refractivity contribution in [1.29, 1.82) is 0 Å². The van der Waals surface area contributed by atoms with E-state index in [1.165, 1.54) is 17.0 Å². The number of sulfonamides is 1. The van der Waals surface area contributed by atoms with Crippen molar-refractivity contribution in [2.75, 3.05) is 49.4 Å². The van der Waals surface area contributed by atoms with Crippen molar-refractivity contribution < 1.29 is 23.0 Å². The number of nitrogens with one attached hydrogen (secondary N) is 3. The molecule has 1 saturated heterocycles. The highest BCUT2D eigenvalue weighted by molar-refractivity contribution is 7.92. The van der Waals surface area contributed by atoms with E-state index >= 15 is 0 Å². The fourth-order valence-electron chi connectivity index (χ4n) is 2.98. The lowest BCUT2D eigenvalue weighted by Gasteiger charge is -2.23. The van der Waals surface area contributed by atoms with Crippen molar-refractivity contribution in [2.24, 2.45) is 0 Å². The SMILES string of the molecule is O=[N+]([O-])c1cc(S(=O)(=O)Nc2ccccc2)ccc1NCC[NH+]1CCOCC1. The minimum absolute atomic E-state index is 0.160. The van der Waals surface area contributed by atoms with Gasteiger partial charge in [-0.25, -0.2) is 8.42 Å². The molecule has 10 heteroatoms. The van der Waals surface area contributed by atoms with Gasteiger partial charge >= 0.3 is 0 Å². The van der Waals surface area contributed by atoms with Crippen LogP contribution in [0.5, 0.6) is 0 Å². The third-order valence-electron chi connectivity index (χ3n) is 4.50. The summed E-state index contributed by atoms with van der Waals surface area (Å²) in [5, 5.41) is 14.5. The third kappa shape index (κ3) is 5.18. The highest BCUT2D eigenvalue weighted by Crippen LogP contribution is 2.28. The first-order chi connectivity index (χ1) is 13.5. The molecule has 28 heavy (non-hydrogen) atoms. The van der Waals surface area contributed by atoms with Gasteiger partial charge in [0.2, 0.25) is 0 Å². The Labute approximate surface area is 163 Å². The Kier molecular flexibility index (Phi) is 6.45. The van der Waals surface area contributed by atoms with Gasteiger partial charge in [-0.1, -0.05) is 18.2 Å². The smallest absolute Gasteiger partial charge is 0.293 e. The molecule has 0 radical (unpaired) electrons. The third-order valence-corrected chi connectivity index (χ3v) is 5.88. The molecule has 2 aromatic carbocycles. The Bertz CT molecular complexity index is 915. The van der Waals surface area contributed by atoms with E-state index in [9.17, 15) is 18.5 Å². The van der Waals surface area contributed by atoms with Crippen LogP contribution in [0.25, 0.3) is 0 Å². The van der Waals surface area contributed by atoms with Crippen molar-refractivity contribution >= 4 is 27.1 Å². The van der Waals surface area contributed by atoms with Gasteiger partial charge in [0.15, 0.2) is 0 Å². The number of ether oxygens (including phenoxy) is 1. The van der Waals surface area contributed by atoms with E-state index in [-0.39, 0.29) is 10.6 Å². The van der Waals surface area contributed by atoms with Gasteiger partial charge in [0, 0.05) is 11.8 Å². The largest absolute Gasteiger partial charge is 0.374 e. The van der Waals surface area contributed by atoms with Crippen LogP contribution in [-0.2, 0) is 14.8 Å². The van der Waals surface area contributed by atoms with Crippen LogP contribution in [0.4, 0.5) is 17.1 Å². The van der Waals surface area contributed by atoms with Crippen molar-refractivity contribution in [3.05, 3.63) is 58.6 Å². The number of nitro benzene ring substituents is 1. The molecule has 1 heterocycles. The molecule has 0 unspecified atom stereocenters. The average Bonchev–Trinajstić information content (AvgIpc) is 2.69. The molecule has 0 aromatic heterocycles. The lowest BCUT2D eigenvalue weighted by atomic mass is 10.2. The fourth-order valence-corrected chi connectivity index (χ4v) is 4.06. The zero-order chi connectivity index (χ0) is 20.0. The number of benzene rings is 2. The molecule has 150 valence electrons. The highest BCUT2D eigenvalue weighted by Gasteiger charge is 2.22. The molecule has 0 bridgehead atoms. The summed E-state index contributed by atoms with van der Waals surface area (Å²) in [4.78, 5) is 12.1. The highest BCUT2D eigenvalue weighted by atomic mass is 32.2. The van der Waals surface area contributed by atoms with Gasteiger partial charge in [0.25, 0.3) is 15.7 Å². The van der Waals surface area contributed by atoms with E-state index < -0.39 is 14.9 Å². The molecule has 3 N–H and O–H groups in total. The van der Waals surface area contributed by atoms with Crippen LogP contribution < -0.4 is 14.9 Å². The molecule has 1 aliphatic heterocycles. The molecule has 2 aromatic rings. The summed E-state index contributed by atoms with van der Waals surface area (Å²) in [6, 6.07) is 12.3. The van der Waals surface area contributed by atoms with Gasteiger partial charge in [-0.2, -0.15) is 0 Å². The summed E-state index contributed by atoms with van der Waals surface area (Å²) in [7, 11) is -3.92. The van der Waals surface area contributed by atoms with Crippen LogP contribution in [0.1, 0.15) is 0 Å². The Balaban J connectivity index is 1.72. The number of anilines is 2. The topological polar surface area (TPSA) is 115 Å². The molecule has 0 amide bonds. The predicted molar refractivity (Wildman–Crippen MR) is 105 cm³/mol. The summed E-state index contributed by atoms with van der Waals surface area (Å²) in [5.41, 5.74) is 0.421. The molecular weight excluding hydrogens is 384 g/mol. The van der Waals surface area contributed by atoms with Crippen LogP contribution in [-0.4, -0.2) is 52.7 Å². The summed E-state index contributed by atoms with van der Waals surface area (Å²) < 4.78 is 32.8. The second-order valence-electron chi connectivity index (χ2n) is 6.45. The lowest BCUT2D eigenvalue weighted by Crippen LogP contribution is -3.14. The van der Waals surface area contributed by atoms with Gasteiger partial charge in [-0.05, 0) is 24.3 Å². The minimum atomic E-state index is -3.92. The lowest BCUT2D eigenvalue weighted by molar-refractivity contribution is -0.906. The zero-order valence-electron chi connectivity index (χ0n) is 15.3. The Morgan fingerprint density at radius 3 is 2.50 bits per heavy atom. The van der Waals surface area contributed by atoms with Crippen molar-refractivity contribution in [2.45, 2.75) is 4.90 Å². The molecule has 1 fully saturated rings. The van der Waals surface area contributed by atoms with E-state index in [1.807, 2.05) is 0 Å². The monoisotopic (exact) mass is 407 g/mol. The molecule has 0 saturated carbocycles. The molecule has 0 atom stereocenters. The number of quaternary nitrogens is 1. The number of para-hydroxylation sites is 1. The summed E-state index contributed by atoms with van der Waals surface area (Å²) in [5.74, 6) is 0. The van der Waals surface area contributed by atoms with Crippen molar-refractivity contribution in [3.8, 4) is 0 Å². The number of hydrogen-bond acceptors (Lipinski definition) is 6.